The number of benzene rings is 1. The minimum Gasteiger partial charge on any atom is -0.393 e. The first-order chi connectivity index (χ1) is 16.6. The predicted molar refractivity (Wildman–Crippen MR) is 127 cm³/mol. The van der Waals surface area contributed by atoms with Gasteiger partial charge in [-0.3, -0.25) is 4.79 Å². The Kier molecular flexibility index (Phi) is 4.91. The van der Waals surface area contributed by atoms with E-state index in [1.54, 1.807) is 12.3 Å². The summed E-state index contributed by atoms with van der Waals surface area (Å²) >= 11 is 0. The molecule has 1 aromatic carbocycles. The van der Waals surface area contributed by atoms with Gasteiger partial charge in [0.2, 0.25) is 0 Å². The van der Waals surface area contributed by atoms with E-state index in [0.29, 0.717) is 23.6 Å². The second-order valence-corrected chi connectivity index (χ2v) is 8.68. The monoisotopic (exact) mass is 458 g/mol. The Morgan fingerprint density at radius 2 is 1.91 bits per heavy atom. The zero-order valence-electron chi connectivity index (χ0n) is 18.3. The van der Waals surface area contributed by atoms with Gasteiger partial charge < -0.3 is 20.6 Å². The molecule has 9 heteroatoms. The fourth-order valence-electron chi connectivity index (χ4n) is 4.78. The van der Waals surface area contributed by atoms with Crippen LogP contribution in [0.3, 0.4) is 0 Å². The lowest BCUT2D eigenvalue weighted by Gasteiger charge is -2.31. The van der Waals surface area contributed by atoms with Gasteiger partial charge in [0, 0.05) is 25.2 Å². The Hall–Kier alpha value is -3.98. The van der Waals surface area contributed by atoms with E-state index in [9.17, 15) is 14.3 Å². The molecule has 2 aliphatic rings. The Bertz CT molecular complexity index is 1390. The van der Waals surface area contributed by atoms with Crippen LogP contribution in [0.4, 0.5) is 21.6 Å². The van der Waals surface area contributed by atoms with Crippen LogP contribution in [0.2, 0.25) is 0 Å². The minimum absolute atomic E-state index is 0.148. The Morgan fingerprint density at radius 3 is 2.71 bits per heavy atom. The van der Waals surface area contributed by atoms with Crippen LogP contribution in [-0.4, -0.2) is 44.8 Å². The quantitative estimate of drug-likeness (QED) is 0.434. The summed E-state index contributed by atoms with van der Waals surface area (Å²) in [4.78, 5) is 19.5. The molecule has 0 bridgehead atoms. The van der Waals surface area contributed by atoms with E-state index in [1.165, 1.54) is 16.8 Å². The summed E-state index contributed by atoms with van der Waals surface area (Å²) < 4.78 is 15.1. The number of carbonyl (C=O) groups is 1. The van der Waals surface area contributed by atoms with Crippen molar-refractivity contribution >= 4 is 28.6 Å². The van der Waals surface area contributed by atoms with Crippen molar-refractivity contribution in [1.29, 1.82) is 0 Å². The largest absolute Gasteiger partial charge is 0.393 e. The van der Waals surface area contributed by atoms with Crippen LogP contribution in [0.1, 0.15) is 28.8 Å². The van der Waals surface area contributed by atoms with Crippen LogP contribution in [0.25, 0.3) is 16.6 Å². The Balaban J connectivity index is 1.31. The maximum atomic E-state index is 13.6. The molecule has 6 rings (SSSR count). The van der Waals surface area contributed by atoms with Crippen LogP contribution in [0.5, 0.6) is 0 Å². The summed E-state index contributed by atoms with van der Waals surface area (Å²) in [6.07, 6.45) is 6.14. The van der Waals surface area contributed by atoms with Crippen molar-refractivity contribution in [3.8, 4) is 11.1 Å². The topological polar surface area (TPSA) is 94.8 Å². The highest BCUT2D eigenvalue weighted by Gasteiger charge is 2.27. The fraction of sp³-hybridized carbons (Fsp3) is 0.240. The number of fused-ring (bicyclic) bond motifs is 2. The highest BCUT2D eigenvalue weighted by Crippen LogP contribution is 2.36. The van der Waals surface area contributed by atoms with Crippen molar-refractivity contribution in [2.45, 2.75) is 25.5 Å². The van der Waals surface area contributed by atoms with Crippen molar-refractivity contribution in [1.82, 2.24) is 19.9 Å². The van der Waals surface area contributed by atoms with Crippen molar-refractivity contribution in [3.05, 3.63) is 71.9 Å². The lowest BCUT2D eigenvalue weighted by atomic mass is 9.96. The number of rotatable bonds is 4. The number of carbonyl (C=O) groups excluding carboxylic acids is 1. The van der Waals surface area contributed by atoms with E-state index < -0.39 is 0 Å². The maximum Gasteiger partial charge on any atom is 0.254 e. The molecule has 1 saturated heterocycles. The van der Waals surface area contributed by atoms with E-state index in [1.807, 2.05) is 30.5 Å². The average Bonchev–Trinajstić information content (AvgIpc) is 3.44. The zero-order chi connectivity index (χ0) is 23.2. The second kappa shape index (κ2) is 8.11. The summed E-state index contributed by atoms with van der Waals surface area (Å²) in [5.41, 5.74) is 5.64. The third-order valence-electron chi connectivity index (χ3n) is 6.58. The van der Waals surface area contributed by atoms with E-state index >= 15 is 0 Å². The van der Waals surface area contributed by atoms with Crippen molar-refractivity contribution in [3.63, 3.8) is 0 Å². The number of aliphatic hydroxyl groups excluding tert-OH is 1. The molecule has 5 heterocycles. The molecule has 1 fully saturated rings. The van der Waals surface area contributed by atoms with Crippen LogP contribution in [0, 0.1) is 5.82 Å². The molecule has 0 saturated carbocycles. The molecule has 0 radical (unpaired) electrons. The molecule has 0 aliphatic carbocycles. The van der Waals surface area contributed by atoms with Gasteiger partial charge in [0.15, 0.2) is 0 Å². The van der Waals surface area contributed by atoms with Crippen LogP contribution < -0.4 is 15.5 Å². The zero-order valence-corrected chi connectivity index (χ0v) is 18.3. The van der Waals surface area contributed by atoms with Gasteiger partial charge in [-0.05, 0) is 54.3 Å². The van der Waals surface area contributed by atoms with Crippen LogP contribution >= 0.6 is 0 Å². The number of pyridine rings is 2. The van der Waals surface area contributed by atoms with E-state index in [2.05, 4.69) is 25.6 Å². The van der Waals surface area contributed by atoms with Crippen molar-refractivity contribution in [2.24, 2.45) is 0 Å². The molecular formula is C25H23FN6O2. The first-order valence-corrected chi connectivity index (χ1v) is 11.3. The number of aliphatic hydroxyl groups is 1. The molecule has 1 amide bonds. The number of nitrogens with one attached hydrogen (secondary N) is 2. The first-order valence-electron chi connectivity index (χ1n) is 11.3. The maximum absolute atomic E-state index is 13.6. The summed E-state index contributed by atoms with van der Waals surface area (Å²) in [5, 5.41) is 20.2. The van der Waals surface area contributed by atoms with Gasteiger partial charge in [0.25, 0.3) is 5.91 Å². The average molecular weight is 458 g/mol. The van der Waals surface area contributed by atoms with Crippen LogP contribution in [0.15, 0.2) is 55.0 Å². The summed E-state index contributed by atoms with van der Waals surface area (Å²) in [6, 6.07) is 10.8. The lowest BCUT2D eigenvalue weighted by Crippen LogP contribution is -2.35. The number of amides is 1. The number of anilines is 3. The van der Waals surface area contributed by atoms with Gasteiger partial charge in [-0.2, -0.15) is 5.10 Å². The molecule has 0 spiro atoms. The van der Waals surface area contributed by atoms with Crippen molar-refractivity contribution < 1.29 is 14.3 Å². The number of piperidine rings is 1. The highest BCUT2D eigenvalue weighted by molar-refractivity contribution is 6.06. The normalized spacial score (nSPS) is 16.1. The SMILES string of the molecule is O=C1NCc2c(-c3cnn4cc(F)ccc34)ccc(Nc3ccc(N4CCC(O)CC4)cn3)c21. The smallest absolute Gasteiger partial charge is 0.254 e. The molecule has 3 aromatic heterocycles. The van der Waals surface area contributed by atoms with Crippen molar-refractivity contribution in [2.75, 3.05) is 23.3 Å². The number of aromatic nitrogens is 3. The first kappa shape index (κ1) is 20.6. The lowest BCUT2D eigenvalue weighted by molar-refractivity contribution is 0.0966. The number of nitrogens with zero attached hydrogens (tertiary/aromatic N) is 4. The van der Waals surface area contributed by atoms with Crippen LogP contribution in [-0.2, 0) is 6.54 Å². The molecule has 2 aliphatic heterocycles. The summed E-state index contributed by atoms with van der Waals surface area (Å²) in [7, 11) is 0. The number of halogens is 1. The van der Waals surface area contributed by atoms with Gasteiger partial charge in [-0.25, -0.2) is 13.9 Å². The van der Waals surface area contributed by atoms with Gasteiger partial charge in [0.1, 0.15) is 11.6 Å². The molecule has 3 N–H and O–H groups in total. The molecule has 0 atom stereocenters. The van der Waals surface area contributed by atoms with E-state index in [4.69, 9.17) is 0 Å². The highest BCUT2D eigenvalue weighted by atomic mass is 19.1. The third-order valence-corrected chi connectivity index (χ3v) is 6.58. The van der Waals surface area contributed by atoms with Gasteiger partial charge in [-0.1, -0.05) is 6.07 Å². The van der Waals surface area contributed by atoms with Gasteiger partial charge in [-0.15, -0.1) is 0 Å². The molecule has 4 aromatic rings. The number of hydrogen-bond donors (Lipinski definition) is 3. The third kappa shape index (κ3) is 3.54. The van der Waals surface area contributed by atoms with Gasteiger partial charge in [0.05, 0.1) is 47.1 Å². The number of hydrogen-bond acceptors (Lipinski definition) is 6. The fourth-order valence-corrected chi connectivity index (χ4v) is 4.78. The van der Waals surface area contributed by atoms with E-state index in [-0.39, 0.29) is 17.8 Å². The molecular weight excluding hydrogens is 435 g/mol. The Morgan fingerprint density at radius 1 is 1.06 bits per heavy atom. The minimum atomic E-state index is -0.361. The molecule has 172 valence electrons. The standard InChI is InChI=1S/C25H23FN6O2/c26-15-1-5-22-19(13-29-32(22)14-15)18-3-4-21(24-20(18)12-28-25(24)34)30-23-6-2-16(11-27-23)31-9-7-17(33)8-10-31/h1-6,11,13-14,17,33H,7-10,12H2,(H,27,30)(H,28,34). The molecule has 0 unspecified atom stereocenters. The summed E-state index contributed by atoms with van der Waals surface area (Å²) in [6.45, 7) is 2.02. The molecule has 8 nitrogen and oxygen atoms in total. The van der Waals surface area contributed by atoms with E-state index in [0.717, 1.165) is 53.8 Å². The second-order valence-electron chi connectivity index (χ2n) is 8.68. The predicted octanol–water partition coefficient (Wildman–Crippen LogP) is 3.48. The van der Waals surface area contributed by atoms with Gasteiger partial charge >= 0.3 is 0 Å². The summed E-state index contributed by atoms with van der Waals surface area (Å²) in [5.74, 6) is 0.132. The molecule has 34 heavy (non-hydrogen) atoms. The Labute approximate surface area is 195 Å².